The second kappa shape index (κ2) is 11.2. The minimum atomic E-state index is -0.595. The fourth-order valence-corrected chi connectivity index (χ4v) is 4.36. The largest absolute Gasteiger partial charge is 0.465 e. The summed E-state index contributed by atoms with van der Waals surface area (Å²) in [4.78, 5) is 34.5. The molecule has 1 aliphatic heterocycles. The van der Waals surface area contributed by atoms with Crippen molar-refractivity contribution >= 4 is 34.7 Å². The molecule has 1 heterocycles. The molecule has 3 aromatic carbocycles. The first-order valence-corrected chi connectivity index (χ1v) is 12.0. The quantitative estimate of drug-likeness (QED) is 0.352. The van der Waals surface area contributed by atoms with Crippen LogP contribution in [0.15, 0.2) is 77.8 Å². The van der Waals surface area contributed by atoms with Gasteiger partial charge in [-0.2, -0.15) is 0 Å². The number of anilines is 2. The van der Waals surface area contributed by atoms with Gasteiger partial charge in [0.2, 0.25) is 5.91 Å². The van der Waals surface area contributed by atoms with E-state index in [0.29, 0.717) is 17.0 Å². The number of fused-ring (bicyclic) bond motifs is 1. The molecule has 1 aliphatic rings. The average molecular weight is 485 g/mol. The Hall–Kier alpha value is -3.97. The third kappa shape index (κ3) is 5.63. The average Bonchev–Trinajstić information content (AvgIpc) is 3.22. The van der Waals surface area contributed by atoms with E-state index in [1.165, 1.54) is 7.11 Å². The highest BCUT2D eigenvalue weighted by molar-refractivity contribution is 6.24. The van der Waals surface area contributed by atoms with Crippen molar-refractivity contribution in [3.05, 3.63) is 89.5 Å². The topological polar surface area (TPSA) is 74.2 Å². The maximum Gasteiger partial charge on any atom is 0.337 e. The predicted octanol–water partition coefficient (Wildman–Crippen LogP) is 4.72. The summed E-state index contributed by atoms with van der Waals surface area (Å²) in [7, 11) is 7.59. The summed E-state index contributed by atoms with van der Waals surface area (Å²) in [5, 5.41) is 2.92. The molecule has 4 rings (SSSR count). The lowest BCUT2D eigenvalue weighted by Gasteiger charge is -2.20. The van der Waals surface area contributed by atoms with Gasteiger partial charge in [0.1, 0.15) is 5.92 Å². The highest BCUT2D eigenvalue weighted by Crippen LogP contribution is 2.37. The number of carbonyl (C=O) groups excluding carboxylic acids is 2. The molecule has 3 aromatic rings. The first-order chi connectivity index (χ1) is 17.4. The van der Waals surface area contributed by atoms with Gasteiger partial charge in [-0.25, -0.2) is 4.79 Å². The number of nitrogens with one attached hydrogen (secondary N) is 1. The Labute approximate surface area is 212 Å². The van der Waals surface area contributed by atoms with Crippen molar-refractivity contribution in [1.29, 1.82) is 0 Å². The smallest absolute Gasteiger partial charge is 0.337 e. The van der Waals surface area contributed by atoms with Gasteiger partial charge in [-0.3, -0.25) is 9.79 Å². The lowest BCUT2D eigenvalue weighted by atomic mass is 9.90. The van der Waals surface area contributed by atoms with Gasteiger partial charge in [0.25, 0.3) is 0 Å². The maximum absolute atomic E-state index is 13.2. The van der Waals surface area contributed by atoms with E-state index >= 15 is 0 Å². The number of aliphatic imine (C=N–C) groups is 1. The SMILES string of the molecule is COC(=O)c1ccc2c(c1)NC(=O)C2C(=Nc1ccc(N(C)CCCN(C)C)cc1)c1ccccc1. The van der Waals surface area contributed by atoms with Gasteiger partial charge in [0.05, 0.1) is 24.1 Å². The van der Waals surface area contributed by atoms with Gasteiger partial charge in [0.15, 0.2) is 0 Å². The summed E-state index contributed by atoms with van der Waals surface area (Å²) in [6, 6.07) is 22.9. The van der Waals surface area contributed by atoms with Crippen molar-refractivity contribution < 1.29 is 14.3 Å². The number of esters is 1. The number of methoxy groups -OCH3 is 1. The van der Waals surface area contributed by atoms with Crippen molar-refractivity contribution in [1.82, 2.24) is 4.90 Å². The Morgan fingerprint density at radius 1 is 0.944 bits per heavy atom. The van der Waals surface area contributed by atoms with Crippen LogP contribution in [0.25, 0.3) is 0 Å². The monoisotopic (exact) mass is 484 g/mol. The summed E-state index contributed by atoms with van der Waals surface area (Å²) in [5.74, 6) is -1.21. The van der Waals surface area contributed by atoms with Crippen LogP contribution in [0.1, 0.15) is 33.8 Å². The Bertz CT molecular complexity index is 1250. The number of nitrogens with zero attached hydrogens (tertiary/aromatic N) is 3. The summed E-state index contributed by atoms with van der Waals surface area (Å²) < 4.78 is 4.82. The van der Waals surface area contributed by atoms with Crippen molar-refractivity contribution in [2.24, 2.45) is 4.99 Å². The third-order valence-electron chi connectivity index (χ3n) is 6.29. The zero-order chi connectivity index (χ0) is 25.7. The van der Waals surface area contributed by atoms with Crippen LogP contribution in [0.3, 0.4) is 0 Å². The number of ether oxygens (including phenoxy) is 1. The van der Waals surface area contributed by atoms with E-state index in [-0.39, 0.29) is 5.91 Å². The molecular formula is C29H32N4O3. The van der Waals surface area contributed by atoms with E-state index in [2.05, 4.69) is 48.4 Å². The van der Waals surface area contributed by atoms with Crippen LogP contribution in [0, 0.1) is 0 Å². The minimum absolute atomic E-state index is 0.174. The van der Waals surface area contributed by atoms with Crippen LogP contribution < -0.4 is 10.2 Å². The number of hydrogen-bond donors (Lipinski definition) is 1. The van der Waals surface area contributed by atoms with Crippen LogP contribution in [0.4, 0.5) is 17.1 Å². The molecule has 0 aliphatic carbocycles. The Kier molecular flexibility index (Phi) is 7.80. The zero-order valence-corrected chi connectivity index (χ0v) is 21.2. The normalized spacial score (nSPS) is 15.0. The van der Waals surface area contributed by atoms with Crippen LogP contribution >= 0.6 is 0 Å². The van der Waals surface area contributed by atoms with Gasteiger partial charge < -0.3 is 19.9 Å². The van der Waals surface area contributed by atoms with E-state index in [4.69, 9.17) is 9.73 Å². The van der Waals surface area contributed by atoms with Gasteiger partial charge in [0, 0.05) is 25.0 Å². The fraction of sp³-hybridized carbons (Fsp3) is 0.276. The molecule has 0 spiro atoms. The molecule has 0 bridgehead atoms. The number of hydrogen-bond acceptors (Lipinski definition) is 6. The standard InChI is InChI=1S/C29H32N4O3/c1-32(2)17-8-18-33(3)23-14-12-22(13-15-23)30-27(20-9-6-5-7-10-20)26-24-16-11-21(29(35)36-4)19-25(24)31-28(26)34/h5-7,9-16,19,26H,8,17-18H2,1-4H3,(H,31,34). The molecule has 0 saturated carbocycles. The Morgan fingerprint density at radius 3 is 2.33 bits per heavy atom. The molecule has 36 heavy (non-hydrogen) atoms. The highest BCUT2D eigenvalue weighted by atomic mass is 16.5. The predicted molar refractivity (Wildman–Crippen MR) is 145 cm³/mol. The van der Waals surface area contributed by atoms with E-state index < -0.39 is 11.9 Å². The van der Waals surface area contributed by atoms with Gasteiger partial charge >= 0.3 is 5.97 Å². The van der Waals surface area contributed by atoms with Gasteiger partial charge in [-0.15, -0.1) is 0 Å². The molecule has 7 nitrogen and oxygen atoms in total. The molecule has 186 valence electrons. The number of benzene rings is 3. The first-order valence-electron chi connectivity index (χ1n) is 12.0. The summed E-state index contributed by atoms with van der Waals surface area (Å²) in [6.07, 6.45) is 1.08. The fourth-order valence-electron chi connectivity index (χ4n) is 4.36. The Balaban J connectivity index is 1.66. The molecule has 1 amide bonds. The van der Waals surface area contributed by atoms with Crippen molar-refractivity contribution in [3.63, 3.8) is 0 Å². The van der Waals surface area contributed by atoms with Crippen LogP contribution in [0.5, 0.6) is 0 Å². The molecule has 0 saturated heterocycles. The molecule has 1 N–H and O–H groups in total. The van der Waals surface area contributed by atoms with E-state index in [0.717, 1.165) is 42.0 Å². The van der Waals surface area contributed by atoms with Crippen molar-refractivity contribution in [3.8, 4) is 0 Å². The lowest BCUT2D eigenvalue weighted by Crippen LogP contribution is -2.23. The van der Waals surface area contributed by atoms with Crippen molar-refractivity contribution in [2.45, 2.75) is 12.3 Å². The number of carbonyl (C=O) groups is 2. The summed E-state index contributed by atoms with van der Waals surface area (Å²) >= 11 is 0. The van der Waals surface area contributed by atoms with E-state index in [9.17, 15) is 9.59 Å². The summed E-state index contributed by atoms with van der Waals surface area (Å²) in [6.45, 7) is 2.00. The first kappa shape index (κ1) is 25.1. The Morgan fingerprint density at radius 2 is 1.67 bits per heavy atom. The second-order valence-electron chi connectivity index (χ2n) is 9.17. The van der Waals surface area contributed by atoms with Crippen LogP contribution in [-0.4, -0.2) is 63.8 Å². The van der Waals surface area contributed by atoms with Crippen LogP contribution in [-0.2, 0) is 9.53 Å². The molecule has 7 heteroatoms. The van der Waals surface area contributed by atoms with Crippen LogP contribution in [0.2, 0.25) is 0 Å². The molecule has 0 radical (unpaired) electrons. The van der Waals surface area contributed by atoms with Crippen molar-refractivity contribution in [2.75, 3.05) is 51.6 Å². The molecule has 0 aromatic heterocycles. The summed E-state index contributed by atoms with van der Waals surface area (Å²) in [5.41, 5.74) is 5.19. The third-order valence-corrected chi connectivity index (χ3v) is 6.29. The van der Waals surface area contributed by atoms with E-state index in [1.807, 2.05) is 42.5 Å². The molecule has 0 fully saturated rings. The molecule has 1 atom stereocenters. The highest BCUT2D eigenvalue weighted by Gasteiger charge is 2.36. The molecule has 1 unspecified atom stereocenters. The number of amides is 1. The molecular weight excluding hydrogens is 452 g/mol. The second-order valence-corrected chi connectivity index (χ2v) is 9.17. The zero-order valence-electron chi connectivity index (χ0n) is 21.2. The minimum Gasteiger partial charge on any atom is -0.465 e. The maximum atomic E-state index is 13.2. The van der Waals surface area contributed by atoms with Gasteiger partial charge in [-0.1, -0.05) is 36.4 Å². The number of rotatable bonds is 9. The van der Waals surface area contributed by atoms with Gasteiger partial charge in [-0.05, 0) is 74.6 Å². The lowest BCUT2D eigenvalue weighted by molar-refractivity contribution is -0.115. The van der Waals surface area contributed by atoms with E-state index in [1.54, 1.807) is 18.2 Å².